The zero-order valence-corrected chi connectivity index (χ0v) is 12.5. The molecule has 0 bridgehead atoms. The van der Waals surface area contributed by atoms with Gasteiger partial charge in [0.15, 0.2) is 0 Å². The number of fused-ring (bicyclic) bond motifs is 1. The number of pyridine rings is 1. The normalized spacial score (nSPS) is 22.4. The van der Waals surface area contributed by atoms with E-state index < -0.39 is 0 Å². The molecule has 2 unspecified atom stereocenters. The maximum atomic E-state index is 9.57. The summed E-state index contributed by atoms with van der Waals surface area (Å²) in [6, 6.07) is 6.38. The number of rotatable bonds is 3. The Morgan fingerprint density at radius 2 is 2.10 bits per heavy atom. The van der Waals surface area contributed by atoms with Crippen molar-refractivity contribution in [3.63, 3.8) is 0 Å². The lowest BCUT2D eigenvalue weighted by molar-refractivity contribution is 0.178. The molecule has 1 aliphatic carbocycles. The number of hydrogen-bond donors (Lipinski definition) is 3. The van der Waals surface area contributed by atoms with Crippen LogP contribution in [0.2, 0.25) is 0 Å². The van der Waals surface area contributed by atoms with Crippen molar-refractivity contribution in [2.24, 2.45) is 5.92 Å². The summed E-state index contributed by atoms with van der Waals surface area (Å²) in [4.78, 5) is 4.34. The van der Waals surface area contributed by atoms with Crippen molar-refractivity contribution in [3.05, 3.63) is 30.1 Å². The van der Waals surface area contributed by atoms with Crippen molar-refractivity contribution in [1.82, 2.24) is 4.98 Å². The molecule has 0 amide bonds. The van der Waals surface area contributed by atoms with Crippen molar-refractivity contribution in [2.45, 2.75) is 38.6 Å². The first-order valence-electron chi connectivity index (χ1n) is 7.71. The lowest BCUT2D eigenvalue weighted by Gasteiger charge is -2.32. The minimum absolute atomic E-state index is 0.255. The fraction of sp³-hybridized carbons (Fsp3) is 0.471. The molecule has 1 aliphatic rings. The van der Waals surface area contributed by atoms with Gasteiger partial charge >= 0.3 is 0 Å². The highest BCUT2D eigenvalue weighted by Crippen LogP contribution is 2.32. The Kier molecular flexibility index (Phi) is 3.97. The molecule has 4 N–H and O–H groups in total. The molecule has 4 heteroatoms. The second-order valence-electron chi connectivity index (χ2n) is 6.05. The van der Waals surface area contributed by atoms with Crippen LogP contribution in [0, 0.1) is 12.8 Å². The highest BCUT2D eigenvalue weighted by molar-refractivity contribution is 6.00. The standard InChI is InChI=1S/C17H23N3O/c1-11-8-13-14(9-19-11)15(18)6-7-17(13)20-16-5-3-2-4-12(16)10-21/h6-9,12,16,20-21H,2-5,10,18H2,1H3. The van der Waals surface area contributed by atoms with Crippen molar-refractivity contribution in [3.8, 4) is 0 Å². The molecule has 21 heavy (non-hydrogen) atoms. The molecule has 1 fully saturated rings. The van der Waals surface area contributed by atoms with Gasteiger partial charge in [-0.05, 0) is 38.0 Å². The average Bonchev–Trinajstić information content (AvgIpc) is 2.50. The largest absolute Gasteiger partial charge is 0.398 e. The van der Waals surface area contributed by atoms with Crippen molar-refractivity contribution in [1.29, 1.82) is 0 Å². The number of aliphatic hydroxyl groups excluding tert-OH is 1. The van der Waals surface area contributed by atoms with E-state index in [1.165, 1.54) is 12.8 Å². The summed E-state index contributed by atoms with van der Waals surface area (Å²) in [6.07, 6.45) is 6.50. The molecule has 0 saturated heterocycles. The summed E-state index contributed by atoms with van der Waals surface area (Å²) in [5.74, 6) is 0.342. The molecule has 1 saturated carbocycles. The van der Waals surface area contributed by atoms with Crippen LogP contribution in [-0.2, 0) is 0 Å². The minimum Gasteiger partial charge on any atom is -0.398 e. The van der Waals surface area contributed by atoms with Crippen molar-refractivity contribution >= 4 is 22.1 Å². The van der Waals surface area contributed by atoms with Crippen LogP contribution in [-0.4, -0.2) is 22.7 Å². The van der Waals surface area contributed by atoms with Gasteiger partial charge in [0.2, 0.25) is 0 Å². The zero-order valence-electron chi connectivity index (χ0n) is 12.5. The van der Waals surface area contributed by atoms with Gasteiger partial charge in [-0.3, -0.25) is 4.98 Å². The maximum absolute atomic E-state index is 9.57. The first-order chi connectivity index (χ1) is 10.2. The lowest BCUT2D eigenvalue weighted by Crippen LogP contribution is -2.34. The van der Waals surface area contributed by atoms with E-state index in [0.717, 1.165) is 40.7 Å². The van der Waals surface area contributed by atoms with Gasteiger partial charge in [0, 0.05) is 52.6 Å². The number of nitrogens with one attached hydrogen (secondary N) is 1. The van der Waals surface area contributed by atoms with Gasteiger partial charge in [-0.2, -0.15) is 0 Å². The predicted molar refractivity (Wildman–Crippen MR) is 87.3 cm³/mol. The Hall–Kier alpha value is -1.81. The van der Waals surface area contributed by atoms with E-state index >= 15 is 0 Å². The number of aryl methyl sites for hydroxylation is 1. The van der Waals surface area contributed by atoms with Gasteiger partial charge in [0.1, 0.15) is 0 Å². The molecule has 4 nitrogen and oxygen atoms in total. The quantitative estimate of drug-likeness (QED) is 0.758. The lowest BCUT2D eigenvalue weighted by atomic mass is 9.85. The molecule has 112 valence electrons. The van der Waals surface area contributed by atoms with Gasteiger partial charge in [-0.15, -0.1) is 0 Å². The molecule has 2 atom stereocenters. The number of hydrogen-bond acceptors (Lipinski definition) is 4. The molecular formula is C17H23N3O. The van der Waals surface area contributed by atoms with Crippen LogP contribution in [0.5, 0.6) is 0 Å². The average molecular weight is 285 g/mol. The summed E-state index contributed by atoms with van der Waals surface area (Å²) >= 11 is 0. The fourth-order valence-electron chi connectivity index (χ4n) is 3.31. The second-order valence-corrected chi connectivity index (χ2v) is 6.05. The molecule has 3 rings (SSSR count). The summed E-state index contributed by atoms with van der Waals surface area (Å²) in [5.41, 5.74) is 8.89. The van der Waals surface area contributed by atoms with Crippen LogP contribution in [0.1, 0.15) is 31.4 Å². The van der Waals surface area contributed by atoms with E-state index in [1.807, 2.05) is 25.3 Å². The van der Waals surface area contributed by atoms with Gasteiger partial charge in [-0.25, -0.2) is 0 Å². The van der Waals surface area contributed by atoms with E-state index in [0.29, 0.717) is 12.0 Å². The van der Waals surface area contributed by atoms with Crippen LogP contribution in [0.15, 0.2) is 24.4 Å². The van der Waals surface area contributed by atoms with Crippen molar-refractivity contribution in [2.75, 3.05) is 17.7 Å². The van der Waals surface area contributed by atoms with Crippen LogP contribution in [0.4, 0.5) is 11.4 Å². The highest BCUT2D eigenvalue weighted by atomic mass is 16.3. The Balaban J connectivity index is 1.96. The maximum Gasteiger partial charge on any atom is 0.0478 e. The molecular weight excluding hydrogens is 262 g/mol. The van der Waals surface area contributed by atoms with E-state index in [9.17, 15) is 5.11 Å². The van der Waals surface area contributed by atoms with Gasteiger partial charge in [-0.1, -0.05) is 12.8 Å². The molecule has 1 aromatic carbocycles. The van der Waals surface area contributed by atoms with E-state index in [4.69, 9.17) is 5.73 Å². The molecule has 1 heterocycles. The summed E-state index contributed by atoms with van der Waals surface area (Å²) in [7, 11) is 0. The van der Waals surface area contributed by atoms with Crippen LogP contribution < -0.4 is 11.1 Å². The number of anilines is 2. The van der Waals surface area contributed by atoms with Gasteiger partial charge in [0.05, 0.1) is 0 Å². The second kappa shape index (κ2) is 5.90. The zero-order chi connectivity index (χ0) is 14.8. The molecule has 0 spiro atoms. The Labute approximate surface area is 125 Å². The first kappa shape index (κ1) is 14.1. The third kappa shape index (κ3) is 2.81. The van der Waals surface area contributed by atoms with Gasteiger partial charge in [0.25, 0.3) is 0 Å². The third-order valence-electron chi connectivity index (χ3n) is 4.56. The number of aromatic nitrogens is 1. The predicted octanol–water partition coefficient (Wildman–Crippen LogP) is 3.09. The number of aliphatic hydroxyl groups is 1. The Bertz CT molecular complexity index is 641. The minimum atomic E-state index is 0.255. The number of nitrogens with two attached hydrogens (primary N) is 1. The summed E-state index contributed by atoms with van der Waals surface area (Å²) in [5, 5.41) is 15.3. The number of benzene rings is 1. The van der Waals surface area contributed by atoms with E-state index in [1.54, 1.807) is 0 Å². The smallest absolute Gasteiger partial charge is 0.0478 e. The first-order valence-corrected chi connectivity index (χ1v) is 7.71. The Morgan fingerprint density at radius 1 is 1.29 bits per heavy atom. The number of nitrogen functional groups attached to an aromatic ring is 1. The molecule has 0 radical (unpaired) electrons. The molecule has 0 aliphatic heterocycles. The molecule has 2 aromatic rings. The summed E-state index contributed by atoms with van der Waals surface area (Å²) < 4.78 is 0. The van der Waals surface area contributed by atoms with E-state index in [-0.39, 0.29) is 6.61 Å². The van der Waals surface area contributed by atoms with E-state index in [2.05, 4.69) is 16.4 Å². The van der Waals surface area contributed by atoms with Crippen molar-refractivity contribution < 1.29 is 5.11 Å². The number of nitrogens with zero attached hydrogens (tertiary/aromatic N) is 1. The molecule has 1 aromatic heterocycles. The highest BCUT2D eigenvalue weighted by Gasteiger charge is 2.24. The SMILES string of the molecule is Cc1cc2c(NC3CCCCC3CO)ccc(N)c2cn1. The third-order valence-corrected chi connectivity index (χ3v) is 4.56. The van der Waals surface area contributed by atoms with Crippen LogP contribution in [0.3, 0.4) is 0 Å². The topological polar surface area (TPSA) is 71.2 Å². The fourth-order valence-corrected chi connectivity index (χ4v) is 3.31. The Morgan fingerprint density at radius 3 is 2.90 bits per heavy atom. The van der Waals surface area contributed by atoms with Gasteiger partial charge < -0.3 is 16.2 Å². The van der Waals surface area contributed by atoms with Crippen LogP contribution >= 0.6 is 0 Å². The summed E-state index contributed by atoms with van der Waals surface area (Å²) in [6.45, 7) is 2.24. The van der Waals surface area contributed by atoms with Crippen LogP contribution in [0.25, 0.3) is 10.8 Å². The monoisotopic (exact) mass is 285 g/mol.